The topological polar surface area (TPSA) is 49.3 Å². The van der Waals surface area contributed by atoms with E-state index in [9.17, 15) is 4.79 Å². The first-order valence-electron chi connectivity index (χ1n) is 7.91. The second kappa shape index (κ2) is 6.61. The van der Waals surface area contributed by atoms with Gasteiger partial charge in [-0.3, -0.25) is 4.79 Å². The standard InChI is InChI=1S/C18H27NO2/c1-18(2,3)16(9-10-20)19-17(21)12-13-7-8-14-5-4-6-15(14)11-13/h7-8,11,16,20H,4-6,9-10,12H2,1-3H3,(H,19,21). The third kappa shape index (κ3) is 4.31. The molecule has 2 rings (SSSR count). The van der Waals surface area contributed by atoms with Crippen LogP contribution in [0.25, 0.3) is 0 Å². The number of benzene rings is 1. The maximum atomic E-state index is 12.3. The summed E-state index contributed by atoms with van der Waals surface area (Å²) in [5.74, 6) is 0.0429. The fourth-order valence-corrected chi connectivity index (χ4v) is 3.02. The molecule has 0 heterocycles. The van der Waals surface area contributed by atoms with Crippen LogP contribution in [0, 0.1) is 5.41 Å². The van der Waals surface area contributed by atoms with Gasteiger partial charge < -0.3 is 10.4 Å². The van der Waals surface area contributed by atoms with Gasteiger partial charge in [-0.2, -0.15) is 0 Å². The molecule has 1 amide bonds. The van der Waals surface area contributed by atoms with Gasteiger partial charge in [0.1, 0.15) is 0 Å². The highest BCUT2D eigenvalue weighted by molar-refractivity contribution is 5.79. The Morgan fingerprint density at radius 1 is 1.29 bits per heavy atom. The van der Waals surface area contributed by atoms with E-state index in [2.05, 4.69) is 44.3 Å². The fraction of sp³-hybridized carbons (Fsp3) is 0.611. The number of carbonyl (C=O) groups excluding carboxylic acids is 1. The zero-order chi connectivity index (χ0) is 15.5. The average molecular weight is 289 g/mol. The van der Waals surface area contributed by atoms with Crippen molar-refractivity contribution in [2.75, 3.05) is 6.61 Å². The molecular formula is C18H27NO2. The molecule has 0 radical (unpaired) electrons. The zero-order valence-electron chi connectivity index (χ0n) is 13.4. The van der Waals surface area contributed by atoms with Crippen molar-refractivity contribution in [3.05, 3.63) is 34.9 Å². The second-order valence-electron chi connectivity index (χ2n) is 7.13. The van der Waals surface area contributed by atoms with E-state index in [0.29, 0.717) is 12.8 Å². The number of fused-ring (bicyclic) bond motifs is 1. The minimum Gasteiger partial charge on any atom is -0.396 e. The summed E-state index contributed by atoms with van der Waals surface area (Å²) in [6, 6.07) is 6.42. The van der Waals surface area contributed by atoms with Crippen LogP contribution in [0.4, 0.5) is 0 Å². The van der Waals surface area contributed by atoms with Crippen LogP contribution in [-0.4, -0.2) is 23.7 Å². The van der Waals surface area contributed by atoms with Gasteiger partial charge in [-0.1, -0.05) is 39.0 Å². The Labute approximate surface area is 127 Å². The number of carbonyl (C=O) groups is 1. The van der Waals surface area contributed by atoms with Gasteiger partial charge in [0.2, 0.25) is 5.91 Å². The molecular weight excluding hydrogens is 262 g/mol. The largest absolute Gasteiger partial charge is 0.396 e. The summed E-state index contributed by atoms with van der Waals surface area (Å²) in [7, 11) is 0. The van der Waals surface area contributed by atoms with Crippen molar-refractivity contribution in [3.63, 3.8) is 0 Å². The third-order valence-electron chi connectivity index (χ3n) is 4.33. The molecule has 0 saturated carbocycles. The van der Waals surface area contributed by atoms with Gasteiger partial charge in [0.15, 0.2) is 0 Å². The van der Waals surface area contributed by atoms with E-state index in [4.69, 9.17) is 5.11 Å². The third-order valence-corrected chi connectivity index (χ3v) is 4.33. The molecule has 0 aliphatic heterocycles. The van der Waals surface area contributed by atoms with E-state index in [1.165, 1.54) is 24.0 Å². The van der Waals surface area contributed by atoms with Crippen LogP contribution in [0.15, 0.2) is 18.2 Å². The van der Waals surface area contributed by atoms with Gasteiger partial charge in [-0.15, -0.1) is 0 Å². The molecule has 1 aromatic rings. The lowest BCUT2D eigenvalue weighted by Gasteiger charge is -2.31. The Bertz CT molecular complexity index is 502. The van der Waals surface area contributed by atoms with Crippen molar-refractivity contribution in [2.45, 2.75) is 58.9 Å². The summed E-state index contributed by atoms with van der Waals surface area (Å²) in [5, 5.41) is 12.2. The van der Waals surface area contributed by atoms with E-state index in [1.807, 2.05) is 0 Å². The molecule has 1 aromatic carbocycles. The molecule has 1 unspecified atom stereocenters. The Kier molecular flexibility index (Phi) is 5.04. The summed E-state index contributed by atoms with van der Waals surface area (Å²) in [6.07, 6.45) is 4.56. The number of hydrogen-bond donors (Lipinski definition) is 2. The smallest absolute Gasteiger partial charge is 0.224 e. The van der Waals surface area contributed by atoms with Crippen molar-refractivity contribution < 1.29 is 9.90 Å². The molecule has 0 aromatic heterocycles. The van der Waals surface area contributed by atoms with Gasteiger partial charge in [0.05, 0.1) is 6.42 Å². The molecule has 21 heavy (non-hydrogen) atoms. The Balaban J connectivity index is 1.97. The van der Waals surface area contributed by atoms with E-state index in [1.54, 1.807) is 0 Å². The zero-order valence-corrected chi connectivity index (χ0v) is 13.4. The number of nitrogens with one attached hydrogen (secondary N) is 1. The number of aliphatic hydroxyl groups is 1. The minimum absolute atomic E-state index is 0.00410. The van der Waals surface area contributed by atoms with Crippen molar-refractivity contribution in [1.29, 1.82) is 0 Å². The molecule has 1 aliphatic carbocycles. The van der Waals surface area contributed by atoms with Gasteiger partial charge >= 0.3 is 0 Å². The van der Waals surface area contributed by atoms with Crippen LogP contribution in [0.1, 0.15) is 50.3 Å². The molecule has 3 heteroatoms. The van der Waals surface area contributed by atoms with Crippen molar-refractivity contribution >= 4 is 5.91 Å². The summed E-state index contributed by atoms with van der Waals surface area (Å²) < 4.78 is 0. The molecule has 1 aliphatic rings. The number of rotatable bonds is 5. The molecule has 0 spiro atoms. The Morgan fingerprint density at radius 2 is 2.00 bits per heavy atom. The summed E-state index contributed by atoms with van der Waals surface area (Å²) in [5.41, 5.74) is 3.89. The van der Waals surface area contributed by atoms with E-state index in [0.717, 1.165) is 12.0 Å². The Hall–Kier alpha value is -1.35. The molecule has 3 nitrogen and oxygen atoms in total. The highest BCUT2D eigenvalue weighted by atomic mass is 16.3. The maximum Gasteiger partial charge on any atom is 0.224 e. The highest BCUT2D eigenvalue weighted by Crippen LogP contribution is 2.24. The van der Waals surface area contributed by atoms with E-state index in [-0.39, 0.29) is 24.0 Å². The molecule has 1 atom stereocenters. The first-order valence-corrected chi connectivity index (χ1v) is 7.91. The SMILES string of the molecule is CC(C)(C)C(CCO)NC(=O)Cc1ccc2c(c1)CCC2. The first kappa shape index (κ1) is 16.0. The van der Waals surface area contributed by atoms with Crippen LogP contribution in [0.2, 0.25) is 0 Å². The number of hydrogen-bond acceptors (Lipinski definition) is 2. The predicted molar refractivity (Wildman–Crippen MR) is 85.3 cm³/mol. The normalized spacial score (nSPS) is 15.6. The number of aryl methyl sites for hydroxylation is 2. The first-order chi connectivity index (χ1) is 9.90. The minimum atomic E-state index is -0.0453. The van der Waals surface area contributed by atoms with Crippen LogP contribution < -0.4 is 5.32 Å². The van der Waals surface area contributed by atoms with Crippen LogP contribution in [-0.2, 0) is 24.1 Å². The average Bonchev–Trinajstić information content (AvgIpc) is 2.84. The molecule has 116 valence electrons. The summed E-state index contributed by atoms with van der Waals surface area (Å²) >= 11 is 0. The summed E-state index contributed by atoms with van der Waals surface area (Å²) in [6.45, 7) is 6.36. The summed E-state index contributed by atoms with van der Waals surface area (Å²) in [4.78, 5) is 12.3. The number of amides is 1. The molecule has 2 N–H and O–H groups in total. The van der Waals surface area contributed by atoms with Crippen LogP contribution in [0.3, 0.4) is 0 Å². The molecule has 0 saturated heterocycles. The van der Waals surface area contributed by atoms with Gasteiger partial charge in [0.25, 0.3) is 0 Å². The highest BCUT2D eigenvalue weighted by Gasteiger charge is 2.25. The quantitative estimate of drug-likeness (QED) is 0.875. The van der Waals surface area contributed by atoms with Crippen molar-refractivity contribution in [2.24, 2.45) is 5.41 Å². The second-order valence-corrected chi connectivity index (χ2v) is 7.13. The van der Waals surface area contributed by atoms with Crippen LogP contribution >= 0.6 is 0 Å². The van der Waals surface area contributed by atoms with Gasteiger partial charge in [-0.05, 0) is 47.8 Å². The van der Waals surface area contributed by atoms with E-state index >= 15 is 0 Å². The molecule has 0 bridgehead atoms. The molecule has 0 fully saturated rings. The van der Waals surface area contributed by atoms with Gasteiger partial charge in [-0.25, -0.2) is 0 Å². The van der Waals surface area contributed by atoms with Crippen molar-refractivity contribution in [1.82, 2.24) is 5.32 Å². The van der Waals surface area contributed by atoms with Crippen LogP contribution in [0.5, 0.6) is 0 Å². The van der Waals surface area contributed by atoms with Gasteiger partial charge in [0, 0.05) is 12.6 Å². The lowest BCUT2D eigenvalue weighted by molar-refractivity contribution is -0.122. The monoisotopic (exact) mass is 289 g/mol. The lowest BCUT2D eigenvalue weighted by Crippen LogP contribution is -2.44. The predicted octanol–water partition coefficient (Wildman–Crippen LogP) is 2.63. The fourth-order valence-electron chi connectivity index (χ4n) is 3.02. The lowest BCUT2D eigenvalue weighted by atomic mass is 9.85. The van der Waals surface area contributed by atoms with Crippen molar-refractivity contribution in [3.8, 4) is 0 Å². The van der Waals surface area contributed by atoms with E-state index < -0.39 is 0 Å². The maximum absolute atomic E-state index is 12.3. The number of aliphatic hydroxyl groups excluding tert-OH is 1. The Morgan fingerprint density at radius 3 is 2.67 bits per heavy atom.